The first-order valence-electron chi connectivity index (χ1n) is 6.92. The largest absolute Gasteiger partial charge is 0.354 e. The second-order valence-electron chi connectivity index (χ2n) is 5.39. The molecule has 2 aromatic heterocycles. The Morgan fingerprint density at radius 1 is 0.810 bits per heavy atom. The van der Waals surface area contributed by atoms with Crippen LogP contribution in [0.2, 0.25) is 0 Å². The summed E-state index contributed by atoms with van der Waals surface area (Å²) in [4.78, 5) is 3.49. The second kappa shape index (κ2) is 3.89. The molecule has 0 atom stereocenters. The molecular formula is C18H10BNS. The van der Waals surface area contributed by atoms with Crippen molar-refractivity contribution in [2.24, 2.45) is 0 Å². The van der Waals surface area contributed by atoms with Crippen molar-refractivity contribution >= 4 is 66.6 Å². The zero-order chi connectivity index (χ0) is 14.0. The number of nitrogens with one attached hydrogen (secondary N) is 1. The van der Waals surface area contributed by atoms with E-state index in [-0.39, 0.29) is 0 Å². The quantitative estimate of drug-likeness (QED) is 0.403. The number of thiophene rings is 1. The Hall–Kier alpha value is -2.26. The fraction of sp³-hybridized carbons (Fsp3) is 0. The number of fused-ring (bicyclic) bond motifs is 7. The van der Waals surface area contributed by atoms with Gasteiger partial charge in [-0.15, -0.1) is 11.3 Å². The molecule has 0 aliphatic rings. The maximum atomic E-state index is 5.98. The molecule has 0 bridgehead atoms. The summed E-state index contributed by atoms with van der Waals surface area (Å²) < 4.78 is 2.67. The third kappa shape index (κ3) is 1.47. The van der Waals surface area contributed by atoms with Crippen LogP contribution in [-0.2, 0) is 0 Å². The van der Waals surface area contributed by atoms with Crippen LogP contribution in [0.1, 0.15) is 0 Å². The zero-order valence-electron chi connectivity index (χ0n) is 11.2. The number of aromatic amines is 1. The Labute approximate surface area is 126 Å². The first kappa shape index (κ1) is 11.4. The number of H-pyrrole nitrogens is 1. The van der Waals surface area contributed by atoms with Gasteiger partial charge in [0.2, 0.25) is 0 Å². The second-order valence-corrected chi connectivity index (χ2v) is 6.45. The summed E-state index contributed by atoms with van der Waals surface area (Å²) in [7, 11) is 5.98. The number of aromatic nitrogens is 1. The average molecular weight is 283 g/mol. The molecule has 0 fully saturated rings. The summed E-state index contributed by atoms with van der Waals surface area (Å²) in [6, 6.07) is 19.1. The lowest BCUT2D eigenvalue weighted by Crippen LogP contribution is -1.98. The summed E-state index contributed by atoms with van der Waals surface area (Å²) in [6.07, 6.45) is 0. The molecule has 1 N–H and O–H groups in total. The van der Waals surface area contributed by atoms with E-state index in [0.717, 1.165) is 11.0 Å². The Bertz CT molecular complexity index is 1150. The van der Waals surface area contributed by atoms with Crippen molar-refractivity contribution < 1.29 is 0 Å². The highest BCUT2D eigenvalue weighted by Crippen LogP contribution is 2.40. The molecule has 0 saturated heterocycles. The van der Waals surface area contributed by atoms with Gasteiger partial charge in [0.05, 0.1) is 0 Å². The van der Waals surface area contributed by atoms with E-state index < -0.39 is 0 Å². The van der Waals surface area contributed by atoms with Crippen LogP contribution in [0.5, 0.6) is 0 Å². The highest BCUT2D eigenvalue weighted by molar-refractivity contribution is 7.26. The highest BCUT2D eigenvalue weighted by atomic mass is 32.1. The Balaban J connectivity index is 2.11. The van der Waals surface area contributed by atoms with E-state index in [0.29, 0.717) is 0 Å². The van der Waals surface area contributed by atoms with Gasteiger partial charge in [0.1, 0.15) is 7.85 Å². The van der Waals surface area contributed by atoms with Crippen LogP contribution in [0.15, 0.2) is 54.6 Å². The predicted molar refractivity (Wildman–Crippen MR) is 94.1 cm³/mol. The molecule has 96 valence electrons. The molecule has 21 heavy (non-hydrogen) atoms. The van der Waals surface area contributed by atoms with Crippen LogP contribution in [0.25, 0.3) is 42.0 Å². The van der Waals surface area contributed by atoms with Gasteiger partial charge in [-0.3, -0.25) is 0 Å². The monoisotopic (exact) mass is 283 g/mol. The van der Waals surface area contributed by atoms with Gasteiger partial charge in [-0.1, -0.05) is 41.9 Å². The molecular weight excluding hydrogens is 273 g/mol. The Morgan fingerprint density at radius 3 is 2.62 bits per heavy atom. The molecule has 0 unspecified atom stereocenters. The minimum atomic E-state index is 0.807. The number of hydrogen-bond acceptors (Lipinski definition) is 1. The van der Waals surface area contributed by atoms with E-state index in [1.165, 1.54) is 36.5 Å². The molecule has 2 heterocycles. The molecule has 2 radical (unpaired) electrons. The van der Waals surface area contributed by atoms with Gasteiger partial charge in [-0.2, -0.15) is 0 Å². The summed E-state index contributed by atoms with van der Waals surface area (Å²) >= 11 is 1.86. The van der Waals surface area contributed by atoms with Gasteiger partial charge in [0, 0.05) is 42.0 Å². The van der Waals surface area contributed by atoms with Gasteiger partial charge in [0.15, 0.2) is 0 Å². The summed E-state index contributed by atoms with van der Waals surface area (Å²) in [5.74, 6) is 0. The molecule has 1 nitrogen and oxygen atoms in total. The Morgan fingerprint density at radius 2 is 1.67 bits per heavy atom. The topological polar surface area (TPSA) is 15.8 Å². The van der Waals surface area contributed by atoms with E-state index in [9.17, 15) is 0 Å². The zero-order valence-corrected chi connectivity index (χ0v) is 12.0. The normalized spacial score (nSPS) is 12.0. The SMILES string of the molecule is [B]c1ccc2[nH]c3ccc4c5ccccc5sc4c3c2c1. The van der Waals surface area contributed by atoms with Crippen molar-refractivity contribution in [2.75, 3.05) is 0 Å². The lowest BCUT2D eigenvalue weighted by atomic mass is 9.94. The number of rotatable bonds is 0. The van der Waals surface area contributed by atoms with Crippen LogP contribution >= 0.6 is 11.3 Å². The third-order valence-electron chi connectivity index (χ3n) is 4.13. The standard InChI is InChI=1S/C18H10BNS/c19-10-5-7-14-13(9-10)17-15(20-14)8-6-12-11-3-1-2-4-16(11)21-18(12)17/h1-9,20H. The molecule has 0 saturated carbocycles. The van der Waals surface area contributed by atoms with Crippen LogP contribution in [0.4, 0.5) is 0 Å². The van der Waals surface area contributed by atoms with Gasteiger partial charge < -0.3 is 4.98 Å². The maximum Gasteiger partial charge on any atom is 0.113 e. The molecule has 5 rings (SSSR count). The van der Waals surface area contributed by atoms with Crippen LogP contribution in [0.3, 0.4) is 0 Å². The summed E-state index contributed by atoms with van der Waals surface area (Å²) in [6.45, 7) is 0. The molecule has 0 amide bonds. The van der Waals surface area contributed by atoms with E-state index in [2.05, 4.69) is 53.5 Å². The number of hydrogen-bond donors (Lipinski definition) is 1. The van der Waals surface area contributed by atoms with E-state index in [1.54, 1.807) is 0 Å². The lowest BCUT2D eigenvalue weighted by molar-refractivity contribution is 1.56. The van der Waals surface area contributed by atoms with Crippen LogP contribution < -0.4 is 5.46 Å². The summed E-state index contributed by atoms with van der Waals surface area (Å²) in [5, 5.41) is 5.15. The van der Waals surface area contributed by atoms with E-state index in [4.69, 9.17) is 7.85 Å². The first-order chi connectivity index (χ1) is 10.3. The van der Waals surface area contributed by atoms with Crippen molar-refractivity contribution in [3.05, 3.63) is 54.6 Å². The third-order valence-corrected chi connectivity index (χ3v) is 5.33. The maximum absolute atomic E-state index is 5.98. The van der Waals surface area contributed by atoms with Gasteiger partial charge in [0.25, 0.3) is 0 Å². The van der Waals surface area contributed by atoms with Crippen molar-refractivity contribution in [3.8, 4) is 0 Å². The first-order valence-corrected chi connectivity index (χ1v) is 7.74. The van der Waals surface area contributed by atoms with Gasteiger partial charge in [-0.05, 0) is 18.2 Å². The fourth-order valence-electron chi connectivity index (χ4n) is 3.18. The Kier molecular flexibility index (Phi) is 2.12. The highest BCUT2D eigenvalue weighted by Gasteiger charge is 2.12. The predicted octanol–water partition coefficient (Wildman–Crippen LogP) is 4.48. The minimum absolute atomic E-state index is 0.807. The smallest absolute Gasteiger partial charge is 0.113 e. The molecule has 3 heteroatoms. The van der Waals surface area contributed by atoms with E-state index >= 15 is 0 Å². The fourth-order valence-corrected chi connectivity index (χ4v) is 4.45. The van der Waals surface area contributed by atoms with Crippen molar-refractivity contribution in [1.29, 1.82) is 0 Å². The van der Waals surface area contributed by atoms with E-state index in [1.807, 2.05) is 17.4 Å². The van der Waals surface area contributed by atoms with Gasteiger partial charge >= 0.3 is 0 Å². The van der Waals surface area contributed by atoms with Crippen molar-refractivity contribution in [1.82, 2.24) is 4.98 Å². The molecule has 0 aliphatic heterocycles. The van der Waals surface area contributed by atoms with Crippen LogP contribution in [-0.4, -0.2) is 12.8 Å². The molecule has 3 aromatic carbocycles. The van der Waals surface area contributed by atoms with Crippen molar-refractivity contribution in [3.63, 3.8) is 0 Å². The molecule has 0 spiro atoms. The average Bonchev–Trinajstić information content (AvgIpc) is 3.04. The molecule has 5 aromatic rings. The van der Waals surface area contributed by atoms with Gasteiger partial charge in [-0.25, -0.2) is 0 Å². The lowest BCUT2D eigenvalue weighted by Gasteiger charge is -1.96. The minimum Gasteiger partial charge on any atom is -0.354 e. The van der Waals surface area contributed by atoms with Crippen LogP contribution in [0, 0.1) is 0 Å². The molecule has 0 aliphatic carbocycles. The number of benzene rings is 3. The summed E-state index contributed by atoms with van der Waals surface area (Å²) in [5.41, 5.74) is 3.13. The van der Waals surface area contributed by atoms with Crippen molar-refractivity contribution in [2.45, 2.75) is 0 Å².